The summed E-state index contributed by atoms with van der Waals surface area (Å²) in [4.78, 5) is 28.3. The number of amides is 1. The fourth-order valence-electron chi connectivity index (χ4n) is 2.67. The van der Waals surface area contributed by atoms with E-state index in [1.807, 2.05) is 0 Å². The van der Waals surface area contributed by atoms with E-state index in [9.17, 15) is 14.7 Å². The summed E-state index contributed by atoms with van der Waals surface area (Å²) in [5.41, 5.74) is -0.215. The van der Waals surface area contributed by atoms with Gasteiger partial charge in [-0.15, -0.1) is 0 Å². The summed E-state index contributed by atoms with van der Waals surface area (Å²) in [7, 11) is 3.08. The second-order valence-corrected chi connectivity index (χ2v) is 6.31. The van der Waals surface area contributed by atoms with Crippen LogP contribution >= 0.6 is 0 Å². The molecule has 2 rings (SSSR count). The van der Waals surface area contributed by atoms with Crippen molar-refractivity contribution in [3.63, 3.8) is 0 Å². The Balaban J connectivity index is 2.25. The van der Waals surface area contributed by atoms with Crippen LogP contribution in [0.25, 0.3) is 0 Å². The number of aromatic nitrogens is 1. The summed E-state index contributed by atoms with van der Waals surface area (Å²) in [5.74, 6) is -0.624. The lowest BCUT2D eigenvalue weighted by molar-refractivity contribution is -0.138. The molecule has 8 heteroatoms. The van der Waals surface area contributed by atoms with E-state index >= 15 is 0 Å². The molecule has 0 radical (unpaired) electrons. The van der Waals surface area contributed by atoms with Crippen molar-refractivity contribution in [2.45, 2.75) is 18.9 Å². The second-order valence-electron chi connectivity index (χ2n) is 6.31. The molecule has 28 heavy (non-hydrogen) atoms. The number of carbonyl (C=O) groups excluding carboxylic acids is 1. The Kier molecular flexibility index (Phi) is 7.34. The van der Waals surface area contributed by atoms with Gasteiger partial charge in [0.25, 0.3) is 5.91 Å². The summed E-state index contributed by atoms with van der Waals surface area (Å²) < 4.78 is 15.5. The van der Waals surface area contributed by atoms with Gasteiger partial charge in [-0.2, -0.15) is 0 Å². The van der Waals surface area contributed by atoms with E-state index in [1.54, 1.807) is 38.3 Å². The number of hydrogen-bond acceptors (Lipinski definition) is 6. The van der Waals surface area contributed by atoms with Gasteiger partial charge in [0.1, 0.15) is 12.4 Å². The third-order valence-electron chi connectivity index (χ3n) is 4.14. The van der Waals surface area contributed by atoms with E-state index in [1.165, 1.54) is 25.4 Å². The molecule has 2 N–H and O–H groups in total. The van der Waals surface area contributed by atoms with E-state index < -0.39 is 17.4 Å². The van der Waals surface area contributed by atoms with Crippen molar-refractivity contribution >= 4 is 11.9 Å². The van der Waals surface area contributed by atoms with Crippen LogP contribution in [0, 0.1) is 0 Å². The summed E-state index contributed by atoms with van der Waals surface area (Å²) in [6.07, 6.45) is 1.16. The number of carbonyl (C=O) groups is 2. The fraction of sp³-hybridized carbons (Fsp3) is 0.350. The first-order chi connectivity index (χ1) is 13.4. The number of nitrogens with one attached hydrogen (secondary N) is 1. The standard InChI is InChI=1S/C20H24N2O6/c1-20(13-18(23)24,15-5-4-6-16(12-15)27-3)22-19(25)14-7-8-21-17(11-14)28-10-9-26-2/h4-8,11-12H,9-10,13H2,1-3H3,(H,22,25)(H,23,24). The van der Waals surface area contributed by atoms with E-state index in [2.05, 4.69) is 10.3 Å². The Bertz CT molecular complexity index is 826. The summed E-state index contributed by atoms with van der Waals surface area (Å²) >= 11 is 0. The van der Waals surface area contributed by atoms with Crippen LogP contribution in [-0.2, 0) is 15.1 Å². The Labute approximate surface area is 163 Å². The van der Waals surface area contributed by atoms with Crippen molar-refractivity contribution < 1.29 is 28.9 Å². The van der Waals surface area contributed by atoms with Crippen LogP contribution in [-0.4, -0.2) is 49.4 Å². The topological polar surface area (TPSA) is 107 Å². The molecule has 1 unspecified atom stereocenters. The quantitative estimate of drug-likeness (QED) is 0.601. The van der Waals surface area contributed by atoms with Gasteiger partial charge >= 0.3 is 5.97 Å². The third kappa shape index (κ3) is 5.68. The van der Waals surface area contributed by atoms with Crippen molar-refractivity contribution in [3.05, 3.63) is 53.7 Å². The molecule has 8 nitrogen and oxygen atoms in total. The predicted octanol–water partition coefficient (Wildman–Crippen LogP) is 2.24. The number of aliphatic carboxylic acids is 1. The highest BCUT2D eigenvalue weighted by atomic mass is 16.5. The molecule has 0 fully saturated rings. The average molecular weight is 388 g/mol. The number of carboxylic acids is 1. The molecule has 0 bridgehead atoms. The van der Waals surface area contributed by atoms with E-state index in [4.69, 9.17) is 14.2 Å². The third-order valence-corrected chi connectivity index (χ3v) is 4.14. The van der Waals surface area contributed by atoms with Gasteiger partial charge in [-0.25, -0.2) is 4.98 Å². The van der Waals surface area contributed by atoms with Crippen LogP contribution in [0.1, 0.15) is 29.3 Å². The number of pyridine rings is 1. The first-order valence-electron chi connectivity index (χ1n) is 8.64. The zero-order chi connectivity index (χ0) is 20.6. The molecule has 0 saturated heterocycles. The van der Waals surface area contributed by atoms with Gasteiger partial charge < -0.3 is 24.6 Å². The van der Waals surface area contributed by atoms with Crippen LogP contribution in [0.5, 0.6) is 11.6 Å². The van der Waals surface area contributed by atoms with Crippen LogP contribution in [0.4, 0.5) is 0 Å². The second kappa shape index (κ2) is 9.70. The molecule has 1 atom stereocenters. The minimum absolute atomic E-state index is 0.283. The number of benzene rings is 1. The monoisotopic (exact) mass is 388 g/mol. The summed E-state index contributed by atoms with van der Waals surface area (Å²) in [6.45, 7) is 2.35. The fourth-order valence-corrected chi connectivity index (χ4v) is 2.67. The number of ether oxygens (including phenoxy) is 3. The first-order valence-corrected chi connectivity index (χ1v) is 8.64. The highest BCUT2D eigenvalue weighted by Gasteiger charge is 2.32. The van der Waals surface area contributed by atoms with Crippen LogP contribution in [0.15, 0.2) is 42.6 Å². The molecule has 1 aromatic carbocycles. The first kappa shape index (κ1) is 21.2. The molecule has 1 amide bonds. The van der Waals surface area contributed by atoms with Gasteiger partial charge in [-0.3, -0.25) is 9.59 Å². The molecular weight excluding hydrogens is 364 g/mol. The van der Waals surface area contributed by atoms with Crippen molar-refractivity contribution in [2.24, 2.45) is 0 Å². The molecule has 150 valence electrons. The Hall–Kier alpha value is -3.13. The number of hydrogen-bond donors (Lipinski definition) is 2. The Morgan fingerprint density at radius 3 is 2.64 bits per heavy atom. The Morgan fingerprint density at radius 2 is 1.96 bits per heavy atom. The lowest BCUT2D eigenvalue weighted by Gasteiger charge is -2.30. The molecular formula is C20H24N2O6. The predicted molar refractivity (Wildman–Crippen MR) is 102 cm³/mol. The van der Waals surface area contributed by atoms with Crippen molar-refractivity contribution in [2.75, 3.05) is 27.4 Å². The van der Waals surface area contributed by atoms with Crippen LogP contribution in [0.3, 0.4) is 0 Å². The Morgan fingerprint density at radius 1 is 1.18 bits per heavy atom. The highest BCUT2D eigenvalue weighted by Crippen LogP contribution is 2.28. The van der Waals surface area contributed by atoms with Crippen LogP contribution < -0.4 is 14.8 Å². The highest BCUT2D eigenvalue weighted by molar-refractivity contribution is 5.95. The maximum Gasteiger partial charge on any atom is 0.306 e. The molecule has 0 spiro atoms. The van der Waals surface area contributed by atoms with Gasteiger partial charge in [-0.1, -0.05) is 12.1 Å². The van der Waals surface area contributed by atoms with Crippen molar-refractivity contribution in [1.29, 1.82) is 0 Å². The molecule has 0 aliphatic rings. The van der Waals surface area contributed by atoms with Crippen molar-refractivity contribution in [3.8, 4) is 11.6 Å². The van der Waals surface area contributed by atoms with Crippen LogP contribution in [0.2, 0.25) is 0 Å². The molecule has 0 aliphatic carbocycles. The zero-order valence-electron chi connectivity index (χ0n) is 16.1. The number of nitrogens with zero attached hydrogens (tertiary/aromatic N) is 1. The minimum atomic E-state index is -1.14. The van der Waals surface area contributed by atoms with E-state index in [-0.39, 0.29) is 12.3 Å². The lowest BCUT2D eigenvalue weighted by atomic mass is 9.88. The molecule has 1 aromatic heterocycles. The smallest absolute Gasteiger partial charge is 0.306 e. The maximum absolute atomic E-state index is 12.8. The van der Waals surface area contributed by atoms with Gasteiger partial charge in [0.05, 0.1) is 25.7 Å². The molecule has 0 aliphatic heterocycles. The van der Waals surface area contributed by atoms with Gasteiger partial charge in [0.2, 0.25) is 5.88 Å². The van der Waals surface area contributed by atoms with Gasteiger partial charge in [0.15, 0.2) is 0 Å². The van der Waals surface area contributed by atoms with E-state index in [0.717, 1.165) is 0 Å². The SMILES string of the molecule is COCCOc1cc(C(=O)NC(C)(CC(=O)O)c2cccc(OC)c2)ccn1. The maximum atomic E-state index is 12.8. The largest absolute Gasteiger partial charge is 0.497 e. The van der Waals surface area contributed by atoms with E-state index in [0.29, 0.717) is 30.1 Å². The van der Waals surface area contributed by atoms with Gasteiger partial charge in [-0.05, 0) is 30.7 Å². The summed E-state index contributed by atoms with van der Waals surface area (Å²) in [5, 5.41) is 12.2. The molecule has 0 saturated carbocycles. The normalized spacial score (nSPS) is 12.7. The number of rotatable bonds is 10. The number of methoxy groups -OCH3 is 2. The van der Waals surface area contributed by atoms with Gasteiger partial charge in [0, 0.05) is 24.9 Å². The minimum Gasteiger partial charge on any atom is -0.497 e. The zero-order valence-corrected chi connectivity index (χ0v) is 16.1. The van der Waals surface area contributed by atoms with Crippen molar-refractivity contribution in [1.82, 2.24) is 10.3 Å². The molecule has 2 aromatic rings. The lowest BCUT2D eigenvalue weighted by Crippen LogP contribution is -2.45. The summed E-state index contributed by atoms with van der Waals surface area (Å²) in [6, 6.07) is 9.98. The average Bonchev–Trinajstić information content (AvgIpc) is 2.68. The number of carboxylic acid groups (broad SMARTS) is 1. The molecule has 1 heterocycles.